The van der Waals surface area contributed by atoms with E-state index in [0.717, 1.165) is 35.5 Å². The predicted octanol–water partition coefficient (Wildman–Crippen LogP) is 4.65. The zero-order valence-corrected chi connectivity index (χ0v) is 14.5. The Morgan fingerprint density at radius 1 is 1.08 bits per heavy atom. The molecule has 4 rings (SSSR count). The zero-order chi connectivity index (χ0) is 16.7. The number of hydrogen-bond acceptors (Lipinski definition) is 2. The van der Waals surface area contributed by atoms with E-state index in [1.165, 1.54) is 22.4 Å². The molecule has 3 nitrogen and oxygen atoms in total. The SMILES string of the molecule is CCOc1ccc(-n2nc(C)c3c2-c2ccccc2CC3)cc1C. The van der Waals surface area contributed by atoms with Crippen LogP contribution in [0.15, 0.2) is 42.5 Å². The summed E-state index contributed by atoms with van der Waals surface area (Å²) in [5.41, 5.74) is 8.71. The molecule has 0 fully saturated rings. The quantitative estimate of drug-likeness (QED) is 0.702. The van der Waals surface area contributed by atoms with Crippen molar-refractivity contribution in [2.24, 2.45) is 0 Å². The molecule has 3 aromatic rings. The molecule has 2 aromatic carbocycles. The molecule has 0 spiro atoms. The van der Waals surface area contributed by atoms with Gasteiger partial charge in [0.15, 0.2) is 0 Å². The first kappa shape index (κ1) is 15.0. The summed E-state index contributed by atoms with van der Waals surface area (Å²) >= 11 is 0. The van der Waals surface area contributed by atoms with Crippen molar-refractivity contribution in [3.05, 3.63) is 64.8 Å². The average molecular weight is 318 g/mol. The number of aromatic nitrogens is 2. The van der Waals surface area contributed by atoms with Gasteiger partial charge in [-0.1, -0.05) is 24.3 Å². The molecule has 1 aromatic heterocycles. The summed E-state index contributed by atoms with van der Waals surface area (Å²) in [7, 11) is 0. The Bertz CT molecular complexity index is 908. The molecule has 0 atom stereocenters. The van der Waals surface area contributed by atoms with E-state index in [2.05, 4.69) is 54.9 Å². The minimum absolute atomic E-state index is 0.684. The highest BCUT2D eigenvalue weighted by Crippen LogP contribution is 2.37. The van der Waals surface area contributed by atoms with Crippen molar-refractivity contribution in [1.29, 1.82) is 0 Å². The first-order chi connectivity index (χ1) is 11.7. The van der Waals surface area contributed by atoms with Gasteiger partial charge >= 0.3 is 0 Å². The molecule has 0 radical (unpaired) electrons. The number of ether oxygens (including phenoxy) is 1. The van der Waals surface area contributed by atoms with Crippen LogP contribution in [0.4, 0.5) is 0 Å². The third kappa shape index (κ3) is 2.32. The molecule has 1 heterocycles. The van der Waals surface area contributed by atoms with E-state index in [1.54, 1.807) is 0 Å². The van der Waals surface area contributed by atoms with Gasteiger partial charge in [-0.05, 0) is 62.9 Å². The first-order valence-electron chi connectivity index (χ1n) is 8.59. The summed E-state index contributed by atoms with van der Waals surface area (Å²) in [4.78, 5) is 0. The van der Waals surface area contributed by atoms with E-state index in [1.807, 2.05) is 13.0 Å². The molecular formula is C21H22N2O. The van der Waals surface area contributed by atoms with E-state index < -0.39 is 0 Å². The minimum Gasteiger partial charge on any atom is -0.494 e. The van der Waals surface area contributed by atoms with E-state index in [4.69, 9.17) is 9.84 Å². The highest BCUT2D eigenvalue weighted by Gasteiger charge is 2.24. The van der Waals surface area contributed by atoms with Crippen LogP contribution in [0.3, 0.4) is 0 Å². The monoisotopic (exact) mass is 318 g/mol. The lowest BCUT2D eigenvalue weighted by atomic mass is 9.89. The van der Waals surface area contributed by atoms with Gasteiger partial charge in [0.2, 0.25) is 0 Å². The van der Waals surface area contributed by atoms with E-state index in [0.29, 0.717) is 6.61 Å². The molecule has 0 amide bonds. The number of hydrogen-bond donors (Lipinski definition) is 0. The second-order valence-corrected chi connectivity index (χ2v) is 6.36. The number of nitrogens with zero attached hydrogens (tertiary/aromatic N) is 2. The Morgan fingerprint density at radius 2 is 1.92 bits per heavy atom. The topological polar surface area (TPSA) is 27.1 Å². The molecule has 24 heavy (non-hydrogen) atoms. The zero-order valence-electron chi connectivity index (χ0n) is 14.5. The molecule has 0 unspecified atom stereocenters. The van der Waals surface area contributed by atoms with Crippen molar-refractivity contribution in [1.82, 2.24) is 9.78 Å². The lowest BCUT2D eigenvalue weighted by molar-refractivity contribution is 0.338. The van der Waals surface area contributed by atoms with Gasteiger partial charge in [0.1, 0.15) is 5.75 Å². The molecule has 1 aliphatic rings. The van der Waals surface area contributed by atoms with Crippen LogP contribution in [-0.4, -0.2) is 16.4 Å². The van der Waals surface area contributed by atoms with Crippen LogP contribution in [-0.2, 0) is 12.8 Å². The Labute approximate surface area is 142 Å². The van der Waals surface area contributed by atoms with Crippen LogP contribution in [0.1, 0.15) is 29.3 Å². The Morgan fingerprint density at radius 3 is 2.71 bits per heavy atom. The minimum atomic E-state index is 0.684. The summed E-state index contributed by atoms with van der Waals surface area (Å²) in [5, 5.41) is 4.85. The smallest absolute Gasteiger partial charge is 0.122 e. The highest BCUT2D eigenvalue weighted by molar-refractivity contribution is 5.72. The van der Waals surface area contributed by atoms with Gasteiger partial charge < -0.3 is 4.74 Å². The third-order valence-electron chi connectivity index (χ3n) is 4.80. The van der Waals surface area contributed by atoms with Crippen LogP contribution in [0, 0.1) is 13.8 Å². The lowest BCUT2D eigenvalue weighted by Gasteiger charge is -2.19. The first-order valence-corrected chi connectivity index (χ1v) is 8.59. The van der Waals surface area contributed by atoms with Crippen LogP contribution in [0.25, 0.3) is 16.9 Å². The fourth-order valence-corrected chi connectivity index (χ4v) is 3.63. The fraction of sp³-hybridized carbons (Fsp3) is 0.286. The number of rotatable bonds is 3. The summed E-state index contributed by atoms with van der Waals surface area (Å²) < 4.78 is 7.77. The second-order valence-electron chi connectivity index (χ2n) is 6.36. The molecule has 0 aliphatic heterocycles. The van der Waals surface area contributed by atoms with Crippen molar-refractivity contribution < 1.29 is 4.74 Å². The standard InChI is InChI=1S/C21H22N2O/c1-4-24-20-12-10-17(13-14(20)2)23-21-18(15(3)22-23)11-9-16-7-5-6-8-19(16)21/h5-8,10,12-13H,4,9,11H2,1-3H3. The summed E-state index contributed by atoms with van der Waals surface area (Å²) in [5.74, 6) is 0.944. The van der Waals surface area contributed by atoms with Crippen molar-refractivity contribution in [2.45, 2.75) is 33.6 Å². The maximum Gasteiger partial charge on any atom is 0.122 e. The lowest BCUT2D eigenvalue weighted by Crippen LogP contribution is -2.07. The second kappa shape index (κ2) is 5.82. The van der Waals surface area contributed by atoms with Gasteiger partial charge in [-0.25, -0.2) is 4.68 Å². The van der Waals surface area contributed by atoms with Gasteiger partial charge in [-0.2, -0.15) is 5.10 Å². The van der Waals surface area contributed by atoms with E-state index >= 15 is 0 Å². The van der Waals surface area contributed by atoms with Gasteiger partial charge in [-0.15, -0.1) is 0 Å². The van der Waals surface area contributed by atoms with Crippen LogP contribution < -0.4 is 4.74 Å². The fourth-order valence-electron chi connectivity index (χ4n) is 3.63. The van der Waals surface area contributed by atoms with Gasteiger partial charge in [0, 0.05) is 11.1 Å². The average Bonchev–Trinajstić information content (AvgIpc) is 2.94. The summed E-state index contributed by atoms with van der Waals surface area (Å²) in [6.45, 7) is 6.90. The normalized spacial score (nSPS) is 12.6. The van der Waals surface area contributed by atoms with Crippen molar-refractivity contribution >= 4 is 0 Å². The molecule has 0 saturated heterocycles. The summed E-state index contributed by atoms with van der Waals surface area (Å²) in [6, 6.07) is 15.0. The van der Waals surface area contributed by atoms with Crippen molar-refractivity contribution in [2.75, 3.05) is 6.61 Å². The van der Waals surface area contributed by atoms with Gasteiger partial charge in [0.05, 0.1) is 23.7 Å². The highest BCUT2D eigenvalue weighted by atomic mass is 16.5. The van der Waals surface area contributed by atoms with Gasteiger partial charge in [-0.3, -0.25) is 0 Å². The molecule has 122 valence electrons. The number of fused-ring (bicyclic) bond motifs is 3. The Hall–Kier alpha value is -2.55. The third-order valence-corrected chi connectivity index (χ3v) is 4.80. The number of benzene rings is 2. The van der Waals surface area contributed by atoms with E-state index in [-0.39, 0.29) is 0 Å². The number of aryl methyl sites for hydroxylation is 3. The molecule has 3 heteroatoms. The molecule has 0 N–H and O–H groups in total. The molecule has 0 bridgehead atoms. The molecular weight excluding hydrogens is 296 g/mol. The van der Waals surface area contributed by atoms with Gasteiger partial charge in [0.25, 0.3) is 0 Å². The largest absolute Gasteiger partial charge is 0.494 e. The van der Waals surface area contributed by atoms with Crippen molar-refractivity contribution in [3.8, 4) is 22.7 Å². The predicted molar refractivity (Wildman–Crippen MR) is 97.1 cm³/mol. The van der Waals surface area contributed by atoms with E-state index in [9.17, 15) is 0 Å². The van der Waals surface area contributed by atoms with Crippen LogP contribution in [0.5, 0.6) is 5.75 Å². The maximum absolute atomic E-state index is 5.67. The summed E-state index contributed by atoms with van der Waals surface area (Å²) in [6.07, 6.45) is 2.16. The molecule has 0 saturated carbocycles. The van der Waals surface area contributed by atoms with Crippen LogP contribution in [0.2, 0.25) is 0 Å². The Kier molecular flexibility index (Phi) is 3.64. The molecule has 1 aliphatic carbocycles. The van der Waals surface area contributed by atoms with Crippen molar-refractivity contribution in [3.63, 3.8) is 0 Å². The van der Waals surface area contributed by atoms with Crippen LogP contribution >= 0.6 is 0 Å². The Balaban J connectivity index is 1.89. The maximum atomic E-state index is 5.67.